The highest BCUT2D eigenvalue weighted by Crippen LogP contribution is 2.22. The molecule has 1 aromatic carbocycles. The van der Waals surface area contributed by atoms with Crippen LogP contribution in [0.1, 0.15) is 37.0 Å². The Hall–Kier alpha value is -0.420. The first-order valence-electron chi connectivity index (χ1n) is 6.37. The molecule has 0 spiro atoms. The summed E-state index contributed by atoms with van der Waals surface area (Å²) < 4.78 is 13.5. The lowest BCUT2D eigenvalue weighted by Gasteiger charge is -2.20. The molecule has 0 saturated carbocycles. The summed E-state index contributed by atoms with van der Waals surface area (Å²) in [4.78, 5) is 12.2. The number of benzene rings is 1. The molecule has 0 radical (unpaired) electrons. The number of carbonyl (C=O) groups excluding carboxylic acids is 1. The van der Waals surface area contributed by atoms with Gasteiger partial charge in [-0.15, -0.1) is 0 Å². The number of hydrogen-bond donors (Lipinski definition) is 1. The number of halogens is 3. The van der Waals surface area contributed by atoms with E-state index in [0.717, 1.165) is 12.8 Å². The standard InChI is InChI=1S/C14H18Br2FNO/c1-3-9(4-2)11(15)8-18-14(19)10-6-5-7-12(17)13(10)16/h5-7,9,11H,3-4,8H2,1-2H3,(H,18,19). The Morgan fingerprint density at radius 1 is 1.37 bits per heavy atom. The van der Waals surface area contributed by atoms with Gasteiger partial charge in [0, 0.05) is 11.4 Å². The van der Waals surface area contributed by atoms with Gasteiger partial charge < -0.3 is 5.32 Å². The maximum absolute atomic E-state index is 13.3. The maximum atomic E-state index is 13.3. The van der Waals surface area contributed by atoms with Crippen molar-refractivity contribution in [3.63, 3.8) is 0 Å². The van der Waals surface area contributed by atoms with E-state index in [0.29, 0.717) is 18.0 Å². The molecule has 0 bridgehead atoms. The van der Waals surface area contributed by atoms with Crippen LogP contribution in [0, 0.1) is 11.7 Å². The molecule has 2 nitrogen and oxygen atoms in total. The van der Waals surface area contributed by atoms with Crippen LogP contribution in [0.2, 0.25) is 0 Å². The van der Waals surface area contributed by atoms with Crippen molar-refractivity contribution in [1.82, 2.24) is 5.32 Å². The van der Waals surface area contributed by atoms with Gasteiger partial charge in [-0.2, -0.15) is 0 Å². The predicted molar refractivity (Wildman–Crippen MR) is 83.2 cm³/mol. The van der Waals surface area contributed by atoms with E-state index in [1.54, 1.807) is 6.07 Å². The van der Waals surface area contributed by atoms with Gasteiger partial charge in [0.1, 0.15) is 5.82 Å². The zero-order valence-corrected chi connectivity index (χ0v) is 14.2. The van der Waals surface area contributed by atoms with E-state index in [1.165, 1.54) is 12.1 Å². The van der Waals surface area contributed by atoms with Crippen molar-refractivity contribution < 1.29 is 9.18 Å². The van der Waals surface area contributed by atoms with E-state index in [-0.39, 0.29) is 15.2 Å². The van der Waals surface area contributed by atoms with Crippen molar-refractivity contribution in [3.05, 3.63) is 34.1 Å². The normalized spacial score (nSPS) is 12.5. The fraction of sp³-hybridized carbons (Fsp3) is 0.500. The number of rotatable bonds is 6. The Labute approximate surface area is 130 Å². The Bertz CT molecular complexity index is 435. The lowest BCUT2D eigenvalue weighted by Crippen LogP contribution is -2.33. The highest BCUT2D eigenvalue weighted by atomic mass is 79.9. The third-order valence-electron chi connectivity index (χ3n) is 3.21. The summed E-state index contributed by atoms with van der Waals surface area (Å²) in [6.07, 6.45) is 2.12. The molecular weight excluding hydrogens is 377 g/mol. The topological polar surface area (TPSA) is 29.1 Å². The number of hydrogen-bond acceptors (Lipinski definition) is 1. The molecule has 1 aromatic rings. The molecule has 1 amide bonds. The van der Waals surface area contributed by atoms with Crippen LogP contribution < -0.4 is 5.32 Å². The van der Waals surface area contributed by atoms with Gasteiger partial charge in [0.15, 0.2) is 0 Å². The van der Waals surface area contributed by atoms with E-state index in [9.17, 15) is 9.18 Å². The molecular formula is C14H18Br2FNO. The second-order valence-electron chi connectivity index (χ2n) is 4.40. The van der Waals surface area contributed by atoms with Gasteiger partial charge >= 0.3 is 0 Å². The van der Waals surface area contributed by atoms with Crippen LogP contribution in [0.15, 0.2) is 22.7 Å². The minimum atomic E-state index is -0.428. The number of alkyl halides is 1. The summed E-state index contributed by atoms with van der Waals surface area (Å²) in [5.74, 6) is -0.166. The average Bonchev–Trinajstić information content (AvgIpc) is 2.40. The smallest absolute Gasteiger partial charge is 0.252 e. The summed E-state index contributed by atoms with van der Waals surface area (Å²) >= 11 is 6.69. The minimum absolute atomic E-state index is 0.209. The lowest BCUT2D eigenvalue weighted by molar-refractivity contribution is 0.0951. The first-order chi connectivity index (χ1) is 9.01. The van der Waals surface area contributed by atoms with Gasteiger partial charge in [0.25, 0.3) is 5.91 Å². The van der Waals surface area contributed by atoms with Gasteiger partial charge in [0.05, 0.1) is 10.0 Å². The molecule has 0 aromatic heterocycles. The highest BCUT2D eigenvalue weighted by Gasteiger charge is 2.18. The van der Waals surface area contributed by atoms with Crippen LogP contribution in [0.5, 0.6) is 0 Å². The summed E-state index contributed by atoms with van der Waals surface area (Å²) in [7, 11) is 0. The zero-order valence-electron chi connectivity index (χ0n) is 11.1. The molecule has 0 heterocycles. The molecule has 106 valence electrons. The van der Waals surface area contributed by atoms with Gasteiger partial charge in [-0.05, 0) is 34.0 Å². The first-order valence-corrected chi connectivity index (χ1v) is 8.08. The molecule has 1 atom stereocenters. The quantitative estimate of drug-likeness (QED) is 0.706. The minimum Gasteiger partial charge on any atom is -0.351 e. The second-order valence-corrected chi connectivity index (χ2v) is 6.37. The van der Waals surface area contributed by atoms with Crippen molar-refractivity contribution in [2.45, 2.75) is 31.5 Å². The second kappa shape index (κ2) is 8.00. The van der Waals surface area contributed by atoms with E-state index in [4.69, 9.17) is 0 Å². The third kappa shape index (κ3) is 4.56. The van der Waals surface area contributed by atoms with E-state index in [1.807, 2.05) is 0 Å². The van der Waals surface area contributed by atoms with Crippen LogP contribution in [0.4, 0.5) is 4.39 Å². The molecule has 1 unspecified atom stereocenters. The van der Waals surface area contributed by atoms with Crippen LogP contribution >= 0.6 is 31.9 Å². The number of nitrogens with one attached hydrogen (secondary N) is 1. The average molecular weight is 395 g/mol. The predicted octanol–water partition coefficient (Wildman–Crippen LogP) is 4.52. The highest BCUT2D eigenvalue weighted by molar-refractivity contribution is 9.10. The third-order valence-corrected chi connectivity index (χ3v) is 5.09. The van der Waals surface area contributed by atoms with E-state index >= 15 is 0 Å². The number of amides is 1. The summed E-state index contributed by atoms with van der Waals surface area (Å²) in [5, 5.41) is 2.83. The Balaban J connectivity index is 2.63. The van der Waals surface area contributed by atoms with Crippen LogP contribution in [0.25, 0.3) is 0 Å². The summed E-state index contributed by atoms with van der Waals surface area (Å²) in [5.41, 5.74) is 0.323. The van der Waals surface area contributed by atoms with E-state index < -0.39 is 5.82 Å². The molecule has 0 aliphatic rings. The van der Waals surface area contributed by atoms with Gasteiger partial charge in [-0.25, -0.2) is 4.39 Å². The molecule has 19 heavy (non-hydrogen) atoms. The molecule has 0 aliphatic carbocycles. The Kier molecular flexibility index (Phi) is 7.00. The summed E-state index contributed by atoms with van der Waals surface area (Å²) in [6.45, 7) is 4.80. The molecule has 5 heteroatoms. The van der Waals surface area contributed by atoms with Gasteiger partial charge in [-0.1, -0.05) is 48.7 Å². The Morgan fingerprint density at radius 2 is 2.00 bits per heavy atom. The fourth-order valence-corrected chi connectivity index (χ4v) is 3.29. The fourth-order valence-electron chi connectivity index (χ4n) is 1.93. The van der Waals surface area contributed by atoms with Crippen molar-refractivity contribution >= 4 is 37.8 Å². The van der Waals surface area contributed by atoms with E-state index in [2.05, 4.69) is 51.0 Å². The monoisotopic (exact) mass is 393 g/mol. The molecule has 0 fully saturated rings. The largest absolute Gasteiger partial charge is 0.351 e. The number of carbonyl (C=O) groups is 1. The van der Waals surface area contributed by atoms with Crippen molar-refractivity contribution in [2.24, 2.45) is 5.92 Å². The first kappa shape index (κ1) is 16.6. The zero-order chi connectivity index (χ0) is 14.4. The lowest BCUT2D eigenvalue weighted by atomic mass is 9.99. The Morgan fingerprint density at radius 3 is 2.58 bits per heavy atom. The molecule has 1 N–H and O–H groups in total. The van der Waals surface area contributed by atoms with Crippen molar-refractivity contribution in [3.8, 4) is 0 Å². The van der Waals surface area contributed by atoms with Crippen LogP contribution in [0.3, 0.4) is 0 Å². The van der Waals surface area contributed by atoms with Crippen LogP contribution in [-0.4, -0.2) is 17.3 Å². The van der Waals surface area contributed by atoms with Crippen molar-refractivity contribution in [1.29, 1.82) is 0 Å². The summed E-state index contributed by atoms with van der Waals surface area (Å²) in [6, 6.07) is 4.45. The maximum Gasteiger partial charge on any atom is 0.252 e. The van der Waals surface area contributed by atoms with Crippen molar-refractivity contribution in [2.75, 3.05) is 6.54 Å². The SMILES string of the molecule is CCC(CC)C(Br)CNC(=O)c1cccc(F)c1Br. The van der Waals surface area contributed by atoms with Gasteiger partial charge in [-0.3, -0.25) is 4.79 Å². The van der Waals surface area contributed by atoms with Crippen LogP contribution in [-0.2, 0) is 0 Å². The van der Waals surface area contributed by atoms with Gasteiger partial charge in [0.2, 0.25) is 0 Å². The molecule has 0 aliphatic heterocycles. The molecule has 0 saturated heterocycles. The molecule has 1 rings (SSSR count).